The van der Waals surface area contributed by atoms with Crippen LogP contribution < -0.4 is 4.98 Å². The molecule has 1 unspecified atom stereocenters. The molecule has 0 heterocycles. The van der Waals surface area contributed by atoms with Gasteiger partial charge >= 0.3 is 0 Å². The minimum absolute atomic E-state index is 0.289. The van der Waals surface area contributed by atoms with E-state index in [1.165, 1.54) is 12.5 Å². The molecule has 0 aromatic heterocycles. The summed E-state index contributed by atoms with van der Waals surface area (Å²) < 4.78 is 0. The van der Waals surface area contributed by atoms with E-state index in [1.54, 1.807) is 0 Å². The Bertz CT molecular complexity index is 199. The molecule has 1 N–H and O–H groups in total. The summed E-state index contributed by atoms with van der Waals surface area (Å²) in [6.07, 6.45) is 1.26. The highest BCUT2D eigenvalue weighted by Gasteiger charge is 2.52. The molecule has 0 aliphatic heterocycles. The third kappa shape index (κ3) is 3.51. The Kier molecular flexibility index (Phi) is 5.63. The largest absolute Gasteiger partial charge is 0.326 e. The summed E-state index contributed by atoms with van der Waals surface area (Å²) in [5, 5.41) is 1.01. The van der Waals surface area contributed by atoms with E-state index < -0.39 is 8.24 Å². The zero-order valence-corrected chi connectivity index (χ0v) is 14.3. The molecule has 0 radical (unpaired) electrons. The van der Waals surface area contributed by atoms with Gasteiger partial charge in [-0.1, -0.05) is 54.9 Å². The molecular formula is C13H31NSSi. The molecule has 16 heavy (non-hydrogen) atoms. The Morgan fingerprint density at radius 3 is 1.62 bits per heavy atom. The number of hydrogen-bond acceptors (Lipinski definition) is 2. The van der Waals surface area contributed by atoms with Gasteiger partial charge < -0.3 is 4.98 Å². The summed E-state index contributed by atoms with van der Waals surface area (Å²) in [7, 11) is -1.59. The van der Waals surface area contributed by atoms with E-state index in [0.717, 1.165) is 0 Å². The van der Waals surface area contributed by atoms with Crippen LogP contribution in [0.4, 0.5) is 0 Å². The molecule has 1 nitrogen and oxygen atoms in total. The van der Waals surface area contributed by atoms with E-state index in [4.69, 9.17) is 0 Å². The highest BCUT2D eigenvalue weighted by atomic mass is 32.1. The van der Waals surface area contributed by atoms with E-state index in [-0.39, 0.29) is 5.37 Å². The minimum Gasteiger partial charge on any atom is -0.326 e. The van der Waals surface area contributed by atoms with Gasteiger partial charge in [-0.25, -0.2) is 0 Å². The highest BCUT2D eigenvalue weighted by Crippen LogP contribution is 2.52. The van der Waals surface area contributed by atoms with Crippen molar-refractivity contribution in [1.82, 2.24) is 4.98 Å². The van der Waals surface area contributed by atoms with Gasteiger partial charge in [-0.3, -0.25) is 0 Å². The number of rotatable bonds is 4. The van der Waals surface area contributed by atoms with E-state index in [2.05, 4.69) is 73.0 Å². The smallest absolute Gasteiger partial charge is 0.137 e. The first kappa shape index (κ1) is 16.5. The molecule has 98 valence electrons. The fourth-order valence-corrected chi connectivity index (χ4v) is 10.00. The molecule has 0 aliphatic rings. The maximum atomic E-state index is 4.57. The predicted octanol–water partition coefficient (Wildman–Crippen LogP) is 4.81. The normalized spacial score (nSPS) is 16.3. The van der Waals surface area contributed by atoms with Crippen molar-refractivity contribution in [3.05, 3.63) is 0 Å². The van der Waals surface area contributed by atoms with Crippen molar-refractivity contribution in [3.8, 4) is 0 Å². The number of hydrogen-bond donors (Lipinski definition) is 2. The Balaban J connectivity index is 5.41. The molecule has 0 aromatic rings. The molecule has 0 saturated heterocycles. The Labute approximate surface area is 109 Å². The molecule has 0 saturated carbocycles. The van der Waals surface area contributed by atoms with E-state index in [0.29, 0.717) is 10.1 Å². The molecule has 0 amide bonds. The average Bonchev–Trinajstić information content (AvgIpc) is 1.98. The lowest BCUT2D eigenvalue weighted by Crippen LogP contribution is -2.64. The van der Waals surface area contributed by atoms with Crippen molar-refractivity contribution in [2.45, 2.75) is 83.3 Å². The van der Waals surface area contributed by atoms with Crippen molar-refractivity contribution in [2.75, 3.05) is 0 Å². The van der Waals surface area contributed by atoms with Crippen LogP contribution in [-0.4, -0.2) is 13.6 Å². The molecule has 3 heteroatoms. The molecular weight excluding hydrogens is 230 g/mol. The first-order valence-electron chi connectivity index (χ1n) is 6.43. The first-order valence-corrected chi connectivity index (χ1v) is 9.16. The Morgan fingerprint density at radius 2 is 1.44 bits per heavy atom. The Hall–Kier alpha value is 0.527. The predicted molar refractivity (Wildman–Crippen MR) is 81.9 cm³/mol. The maximum Gasteiger partial charge on any atom is 0.137 e. The van der Waals surface area contributed by atoms with Gasteiger partial charge in [0, 0.05) is 5.37 Å². The van der Waals surface area contributed by atoms with Gasteiger partial charge in [-0.05, 0) is 23.0 Å². The molecule has 0 aromatic carbocycles. The van der Waals surface area contributed by atoms with Crippen LogP contribution >= 0.6 is 12.6 Å². The lowest BCUT2D eigenvalue weighted by atomic mass is 10.2. The fraction of sp³-hybridized carbons (Fsp3) is 1.00. The van der Waals surface area contributed by atoms with Crippen molar-refractivity contribution in [2.24, 2.45) is 0 Å². The van der Waals surface area contributed by atoms with Crippen LogP contribution in [0.2, 0.25) is 16.1 Å². The minimum atomic E-state index is -1.59. The zero-order valence-electron chi connectivity index (χ0n) is 12.4. The third-order valence-electron chi connectivity index (χ3n) is 3.64. The second-order valence-electron chi connectivity index (χ2n) is 6.98. The van der Waals surface area contributed by atoms with Crippen LogP contribution in [-0.2, 0) is 0 Å². The lowest BCUT2D eigenvalue weighted by molar-refractivity contribution is 0.565. The van der Waals surface area contributed by atoms with Gasteiger partial charge in [0.2, 0.25) is 0 Å². The fourth-order valence-electron chi connectivity index (χ4n) is 3.11. The molecule has 0 spiro atoms. The summed E-state index contributed by atoms with van der Waals surface area (Å²) in [6, 6.07) is 1.32. The number of thiol groups is 1. The number of nitrogens with one attached hydrogen (secondary N) is 1. The zero-order chi connectivity index (χ0) is 13.2. The van der Waals surface area contributed by atoms with Crippen LogP contribution in [0.25, 0.3) is 0 Å². The third-order valence-corrected chi connectivity index (χ3v) is 11.3. The summed E-state index contributed by atoms with van der Waals surface area (Å²) in [5.74, 6) is 0. The molecule has 0 rings (SSSR count). The SMILES string of the molecule is CCC[Si](NC(C)S)(C(C)(C)C)C(C)(C)C. The summed E-state index contributed by atoms with van der Waals surface area (Å²) in [5.41, 5.74) is 0. The summed E-state index contributed by atoms with van der Waals surface area (Å²) in [6.45, 7) is 18.8. The molecule has 0 fully saturated rings. The van der Waals surface area contributed by atoms with Crippen LogP contribution in [0.5, 0.6) is 0 Å². The van der Waals surface area contributed by atoms with Crippen molar-refractivity contribution >= 4 is 20.9 Å². The summed E-state index contributed by atoms with van der Waals surface area (Å²) >= 11 is 4.57. The van der Waals surface area contributed by atoms with Gasteiger partial charge in [-0.2, -0.15) is 12.6 Å². The van der Waals surface area contributed by atoms with Gasteiger partial charge in [0.1, 0.15) is 8.24 Å². The van der Waals surface area contributed by atoms with Crippen molar-refractivity contribution < 1.29 is 0 Å². The highest BCUT2D eigenvalue weighted by molar-refractivity contribution is 7.80. The van der Waals surface area contributed by atoms with Crippen LogP contribution in [0.15, 0.2) is 0 Å². The second kappa shape index (κ2) is 5.45. The molecule has 0 aliphatic carbocycles. The monoisotopic (exact) mass is 261 g/mol. The van der Waals surface area contributed by atoms with Gasteiger partial charge in [-0.15, -0.1) is 0 Å². The second-order valence-corrected chi connectivity index (χ2v) is 13.3. The van der Waals surface area contributed by atoms with Crippen LogP contribution in [0.1, 0.15) is 61.8 Å². The lowest BCUT2D eigenvalue weighted by Gasteiger charge is -2.53. The van der Waals surface area contributed by atoms with E-state index >= 15 is 0 Å². The Morgan fingerprint density at radius 1 is 1.06 bits per heavy atom. The molecule has 0 bridgehead atoms. The maximum absolute atomic E-state index is 4.57. The van der Waals surface area contributed by atoms with E-state index in [9.17, 15) is 0 Å². The van der Waals surface area contributed by atoms with Gasteiger partial charge in [0.25, 0.3) is 0 Å². The van der Waals surface area contributed by atoms with Crippen LogP contribution in [0.3, 0.4) is 0 Å². The van der Waals surface area contributed by atoms with Gasteiger partial charge in [0.15, 0.2) is 0 Å². The summed E-state index contributed by atoms with van der Waals surface area (Å²) in [4.78, 5) is 3.88. The van der Waals surface area contributed by atoms with Crippen molar-refractivity contribution in [1.29, 1.82) is 0 Å². The quantitative estimate of drug-likeness (QED) is 0.420. The standard InChI is InChI=1S/C13H31NSSi/c1-9-10-16(12(3,4)5,13(6,7)8)14-11(2)15/h11,14-15H,9-10H2,1-8H3. The van der Waals surface area contributed by atoms with Gasteiger partial charge in [0.05, 0.1) is 0 Å². The van der Waals surface area contributed by atoms with E-state index in [1.807, 2.05) is 0 Å². The first-order chi connectivity index (χ1) is 6.98. The van der Waals surface area contributed by atoms with Crippen LogP contribution in [0, 0.1) is 0 Å². The average molecular weight is 262 g/mol. The topological polar surface area (TPSA) is 12.0 Å². The molecule has 1 atom stereocenters. The van der Waals surface area contributed by atoms with Crippen molar-refractivity contribution in [3.63, 3.8) is 0 Å².